The van der Waals surface area contributed by atoms with E-state index in [9.17, 15) is 17.6 Å². The molecule has 2 aromatic rings. The van der Waals surface area contributed by atoms with Crippen LogP contribution in [-0.2, 0) is 14.8 Å². The number of aromatic nitrogens is 1. The van der Waals surface area contributed by atoms with Gasteiger partial charge in [0.15, 0.2) is 0 Å². The number of rotatable bonds is 6. The van der Waals surface area contributed by atoms with Crippen molar-refractivity contribution in [2.75, 3.05) is 36.9 Å². The highest BCUT2D eigenvalue weighted by Crippen LogP contribution is 2.19. The first-order chi connectivity index (χ1) is 12.9. The van der Waals surface area contributed by atoms with Gasteiger partial charge >= 0.3 is 0 Å². The van der Waals surface area contributed by atoms with Crippen LogP contribution in [0.15, 0.2) is 47.5 Å². The first-order valence-electron chi connectivity index (χ1n) is 8.59. The van der Waals surface area contributed by atoms with Gasteiger partial charge in [0.25, 0.3) is 0 Å². The number of likely N-dealkylation sites (N-methyl/N-ethyl adjacent to an activating group) is 1. The molecule has 1 aliphatic rings. The standard InChI is InChI=1S/C18H21FN4O3S/c1-22(27(25,26)16-7-4-14(19)5-8-16)13-18(24)21-15-6-9-17(20-12-15)23-10-2-3-11-23/h4-9,12H,2-3,10-11,13H2,1H3,(H,21,24). The van der Waals surface area contributed by atoms with Gasteiger partial charge in [0.2, 0.25) is 15.9 Å². The van der Waals surface area contributed by atoms with Gasteiger partial charge in [-0.3, -0.25) is 4.79 Å². The zero-order valence-corrected chi connectivity index (χ0v) is 15.7. The Kier molecular flexibility index (Phi) is 5.71. The fraction of sp³-hybridized carbons (Fsp3) is 0.333. The fourth-order valence-corrected chi connectivity index (χ4v) is 3.99. The van der Waals surface area contributed by atoms with Crippen molar-refractivity contribution < 1.29 is 17.6 Å². The van der Waals surface area contributed by atoms with Gasteiger partial charge in [-0.05, 0) is 49.2 Å². The number of halogens is 1. The summed E-state index contributed by atoms with van der Waals surface area (Å²) in [5.74, 6) is -0.153. The molecule has 27 heavy (non-hydrogen) atoms. The summed E-state index contributed by atoms with van der Waals surface area (Å²) in [5.41, 5.74) is 0.496. The summed E-state index contributed by atoms with van der Waals surface area (Å²) < 4.78 is 38.7. The summed E-state index contributed by atoms with van der Waals surface area (Å²) in [6, 6.07) is 8.04. The van der Waals surface area contributed by atoms with Crippen molar-refractivity contribution in [2.24, 2.45) is 0 Å². The summed E-state index contributed by atoms with van der Waals surface area (Å²) in [4.78, 5) is 18.6. The minimum atomic E-state index is -3.88. The molecule has 9 heteroatoms. The molecule has 0 spiro atoms. The Balaban J connectivity index is 1.60. The Morgan fingerprint density at radius 1 is 1.19 bits per heavy atom. The molecule has 1 amide bonds. The molecule has 144 valence electrons. The minimum absolute atomic E-state index is 0.0733. The predicted molar refractivity (Wildman–Crippen MR) is 101 cm³/mol. The lowest BCUT2D eigenvalue weighted by atomic mass is 10.3. The maximum atomic E-state index is 13.0. The average molecular weight is 392 g/mol. The van der Waals surface area contributed by atoms with Gasteiger partial charge in [-0.15, -0.1) is 0 Å². The third-order valence-corrected chi connectivity index (χ3v) is 6.17. The first-order valence-corrected chi connectivity index (χ1v) is 10.0. The number of carbonyl (C=O) groups is 1. The number of amides is 1. The molecule has 1 aromatic carbocycles. The van der Waals surface area contributed by atoms with E-state index < -0.39 is 21.7 Å². The number of nitrogens with zero attached hydrogens (tertiary/aromatic N) is 3. The van der Waals surface area contributed by atoms with Crippen LogP contribution in [0, 0.1) is 5.82 Å². The number of sulfonamides is 1. The molecule has 2 heterocycles. The minimum Gasteiger partial charge on any atom is -0.357 e. The van der Waals surface area contributed by atoms with Crippen LogP contribution in [0.4, 0.5) is 15.9 Å². The van der Waals surface area contributed by atoms with Crippen LogP contribution in [0.3, 0.4) is 0 Å². The molecular weight excluding hydrogens is 371 g/mol. The molecule has 0 unspecified atom stereocenters. The Labute approximate surface area is 157 Å². The number of hydrogen-bond donors (Lipinski definition) is 1. The van der Waals surface area contributed by atoms with Gasteiger partial charge in [0.1, 0.15) is 11.6 Å². The molecular formula is C18H21FN4O3S. The van der Waals surface area contributed by atoms with Crippen molar-refractivity contribution in [2.45, 2.75) is 17.7 Å². The topological polar surface area (TPSA) is 82.6 Å². The summed E-state index contributed by atoms with van der Waals surface area (Å²) in [7, 11) is -2.58. The quantitative estimate of drug-likeness (QED) is 0.814. The monoisotopic (exact) mass is 392 g/mol. The maximum Gasteiger partial charge on any atom is 0.243 e. The van der Waals surface area contributed by atoms with Crippen molar-refractivity contribution in [1.82, 2.24) is 9.29 Å². The summed E-state index contributed by atoms with van der Waals surface area (Å²) >= 11 is 0. The van der Waals surface area contributed by atoms with E-state index in [1.807, 2.05) is 6.07 Å². The third-order valence-electron chi connectivity index (χ3n) is 4.35. The Bertz CT molecular complexity index is 895. The lowest BCUT2D eigenvalue weighted by Crippen LogP contribution is -2.35. The van der Waals surface area contributed by atoms with Crippen molar-refractivity contribution in [3.8, 4) is 0 Å². The molecule has 1 fully saturated rings. The van der Waals surface area contributed by atoms with Gasteiger partial charge in [-0.2, -0.15) is 4.31 Å². The van der Waals surface area contributed by atoms with Gasteiger partial charge in [0.05, 0.1) is 23.3 Å². The molecule has 1 aliphatic heterocycles. The van der Waals surface area contributed by atoms with Crippen LogP contribution in [-0.4, -0.2) is 50.3 Å². The van der Waals surface area contributed by atoms with Crippen LogP contribution in [0.1, 0.15) is 12.8 Å². The number of anilines is 2. The van der Waals surface area contributed by atoms with E-state index in [0.717, 1.165) is 48.2 Å². The average Bonchev–Trinajstić information content (AvgIpc) is 3.17. The van der Waals surface area contributed by atoms with Crippen molar-refractivity contribution in [3.63, 3.8) is 0 Å². The van der Waals surface area contributed by atoms with Crippen LogP contribution in [0.25, 0.3) is 0 Å². The molecule has 1 aromatic heterocycles. The van der Waals surface area contributed by atoms with E-state index in [4.69, 9.17) is 0 Å². The van der Waals surface area contributed by atoms with Crippen LogP contribution in [0.5, 0.6) is 0 Å². The van der Waals surface area contributed by atoms with E-state index in [2.05, 4.69) is 15.2 Å². The van der Waals surface area contributed by atoms with Gasteiger partial charge in [0, 0.05) is 20.1 Å². The zero-order valence-electron chi connectivity index (χ0n) is 14.9. The van der Waals surface area contributed by atoms with Crippen molar-refractivity contribution in [3.05, 3.63) is 48.4 Å². The van der Waals surface area contributed by atoms with E-state index in [1.165, 1.54) is 19.2 Å². The van der Waals surface area contributed by atoms with E-state index in [1.54, 1.807) is 12.3 Å². The van der Waals surface area contributed by atoms with Gasteiger partial charge in [-0.1, -0.05) is 0 Å². The summed E-state index contributed by atoms with van der Waals surface area (Å²) in [5, 5.41) is 2.64. The molecule has 0 atom stereocenters. The van der Waals surface area contributed by atoms with E-state index >= 15 is 0 Å². The number of pyridine rings is 1. The SMILES string of the molecule is CN(CC(=O)Nc1ccc(N2CCCC2)nc1)S(=O)(=O)c1ccc(F)cc1. The van der Waals surface area contributed by atoms with Crippen molar-refractivity contribution >= 4 is 27.4 Å². The summed E-state index contributed by atoms with van der Waals surface area (Å²) in [6.07, 6.45) is 3.85. The van der Waals surface area contributed by atoms with Crippen LogP contribution >= 0.6 is 0 Å². The van der Waals surface area contributed by atoms with E-state index in [0.29, 0.717) is 5.69 Å². The molecule has 0 bridgehead atoms. The molecule has 3 rings (SSSR count). The van der Waals surface area contributed by atoms with Gasteiger partial charge < -0.3 is 10.2 Å². The first kappa shape index (κ1) is 19.2. The highest BCUT2D eigenvalue weighted by Gasteiger charge is 2.23. The number of nitrogens with one attached hydrogen (secondary N) is 1. The molecule has 0 aliphatic carbocycles. The molecule has 1 saturated heterocycles. The smallest absolute Gasteiger partial charge is 0.243 e. The predicted octanol–water partition coefficient (Wildman–Crippen LogP) is 2.08. The Morgan fingerprint density at radius 3 is 2.44 bits per heavy atom. The Morgan fingerprint density at radius 2 is 1.85 bits per heavy atom. The van der Waals surface area contributed by atoms with E-state index in [-0.39, 0.29) is 11.4 Å². The van der Waals surface area contributed by atoms with Crippen LogP contribution in [0.2, 0.25) is 0 Å². The molecule has 0 radical (unpaired) electrons. The van der Waals surface area contributed by atoms with Gasteiger partial charge in [-0.25, -0.2) is 17.8 Å². The lowest BCUT2D eigenvalue weighted by molar-refractivity contribution is -0.116. The zero-order chi connectivity index (χ0) is 19.4. The second-order valence-corrected chi connectivity index (χ2v) is 8.41. The number of hydrogen-bond acceptors (Lipinski definition) is 5. The van der Waals surface area contributed by atoms with Crippen molar-refractivity contribution in [1.29, 1.82) is 0 Å². The number of carbonyl (C=O) groups excluding carboxylic acids is 1. The fourth-order valence-electron chi connectivity index (χ4n) is 2.87. The normalized spacial score (nSPS) is 14.6. The largest absolute Gasteiger partial charge is 0.357 e. The third kappa shape index (κ3) is 4.61. The molecule has 1 N–H and O–H groups in total. The molecule has 0 saturated carbocycles. The maximum absolute atomic E-state index is 13.0. The van der Waals surface area contributed by atoms with Crippen LogP contribution < -0.4 is 10.2 Å². The highest BCUT2D eigenvalue weighted by atomic mass is 32.2. The highest BCUT2D eigenvalue weighted by molar-refractivity contribution is 7.89. The second-order valence-electron chi connectivity index (χ2n) is 6.36. The lowest BCUT2D eigenvalue weighted by Gasteiger charge is -2.18. The molecule has 7 nitrogen and oxygen atoms in total. The number of benzene rings is 1. The Hall–Kier alpha value is -2.52. The second kappa shape index (κ2) is 8.01. The summed E-state index contributed by atoms with van der Waals surface area (Å²) in [6.45, 7) is 1.59.